The van der Waals surface area contributed by atoms with Crippen LogP contribution in [0.25, 0.3) is 6.08 Å². The number of allylic oxidation sites excluding steroid dienone is 1. The van der Waals surface area contributed by atoms with Gasteiger partial charge < -0.3 is 9.84 Å². The van der Waals surface area contributed by atoms with Crippen LogP contribution in [0.3, 0.4) is 0 Å². The highest BCUT2D eigenvalue weighted by molar-refractivity contribution is 7.95. The van der Waals surface area contributed by atoms with Crippen LogP contribution in [-0.2, 0) is 9.84 Å². The molecule has 0 bridgehead atoms. The van der Waals surface area contributed by atoms with Crippen LogP contribution in [0.2, 0.25) is 5.02 Å². The Labute approximate surface area is 149 Å². The second-order valence-electron chi connectivity index (χ2n) is 4.86. The lowest BCUT2D eigenvalue weighted by Crippen LogP contribution is -2.03. The molecule has 0 atom stereocenters. The summed E-state index contributed by atoms with van der Waals surface area (Å²) < 4.78 is 43.2. The first-order valence-corrected chi connectivity index (χ1v) is 8.93. The first kappa shape index (κ1) is 18.8. The van der Waals surface area contributed by atoms with E-state index >= 15 is 0 Å². The topological polar surface area (TPSA) is 87.4 Å². The molecule has 0 unspecified atom stereocenters. The Morgan fingerprint density at radius 3 is 2.56 bits per heavy atom. The average molecular weight is 382 g/mol. The number of halogens is 2. The van der Waals surface area contributed by atoms with Gasteiger partial charge in [0.25, 0.3) is 0 Å². The lowest BCUT2D eigenvalue weighted by atomic mass is 10.2. The minimum atomic E-state index is -4.13. The Bertz CT molecular complexity index is 963. The van der Waals surface area contributed by atoms with Crippen LogP contribution < -0.4 is 4.74 Å². The van der Waals surface area contributed by atoms with Gasteiger partial charge in [0.1, 0.15) is 16.8 Å². The summed E-state index contributed by atoms with van der Waals surface area (Å²) in [5.41, 5.74) is 0.258. The number of benzene rings is 2. The molecule has 0 aliphatic carbocycles. The normalized spacial score (nSPS) is 11.8. The van der Waals surface area contributed by atoms with Crippen molar-refractivity contribution in [3.05, 3.63) is 57.7 Å². The summed E-state index contributed by atoms with van der Waals surface area (Å²) in [4.78, 5) is -0.764. The van der Waals surface area contributed by atoms with Crippen molar-refractivity contribution in [3.63, 3.8) is 0 Å². The van der Waals surface area contributed by atoms with Crippen molar-refractivity contribution in [1.29, 1.82) is 5.26 Å². The largest absolute Gasteiger partial charge is 0.503 e. The third-order valence-corrected chi connectivity index (χ3v) is 5.14. The predicted molar refractivity (Wildman–Crippen MR) is 91.5 cm³/mol. The maximum Gasteiger partial charge on any atom is 0.216 e. The summed E-state index contributed by atoms with van der Waals surface area (Å²) in [6, 6.07) is 8.42. The van der Waals surface area contributed by atoms with Gasteiger partial charge in [0.15, 0.2) is 11.5 Å². The highest BCUT2D eigenvalue weighted by atomic mass is 35.5. The number of rotatable bonds is 5. The van der Waals surface area contributed by atoms with Gasteiger partial charge in [-0.05, 0) is 55.0 Å². The molecule has 0 heterocycles. The van der Waals surface area contributed by atoms with E-state index in [1.165, 1.54) is 12.1 Å². The molecule has 5 nitrogen and oxygen atoms in total. The zero-order chi connectivity index (χ0) is 18.6. The van der Waals surface area contributed by atoms with Crippen molar-refractivity contribution in [2.45, 2.75) is 11.8 Å². The number of hydrogen-bond acceptors (Lipinski definition) is 5. The van der Waals surface area contributed by atoms with Crippen molar-refractivity contribution in [1.82, 2.24) is 0 Å². The van der Waals surface area contributed by atoms with Gasteiger partial charge in [-0.3, -0.25) is 0 Å². The molecule has 0 aliphatic rings. The molecule has 0 spiro atoms. The molecule has 0 radical (unpaired) electrons. The van der Waals surface area contributed by atoms with Gasteiger partial charge in [0, 0.05) is 0 Å². The maximum atomic E-state index is 13.0. The molecule has 1 N–H and O–H groups in total. The van der Waals surface area contributed by atoms with E-state index in [1.807, 2.05) is 0 Å². The Kier molecular flexibility index (Phi) is 5.67. The summed E-state index contributed by atoms with van der Waals surface area (Å²) in [6.07, 6.45) is 1.10. The maximum absolute atomic E-state index is 13.0. The van der Waals surface area contributed by atoms with E-state index in [-0.39, 0.29) is 33.6 Å². The first-order chi connectivity index (χ1) is 11.8. The van der Waals surface area contributed by atoms with Gasteiger partial charge in [-0.15, -0.1) is 0 Å². The van der Waals surface area contributed by atoms with Crippen molar-refractivity contribution < 1.29 is 22.7 Å². The van der Waals surface area contributed by atoms with Gasteiger partial charge in [-0.1, -0.05) is 11.6 Å². The number of nitrogens with zero attached hydrogens (tertiary/aromatic N) is 1. The third kappa shape index (κ3) is 4.10. The van der Waals surface area contributed by atoms with Crippen LogP contribution in [0.5, 0.6) is 11.5 Å². The zero-order valence-corrected chi connectivity index (χ0v) is 14.6. The minimum Gasteiger partial charge on any atom is -0.503 e. The highest BCUT2D eigenvalue weighted by Crippen LogP contribution is 2.36. The van der Waals surface area contributed by atoms with Crippen molar-refractivity contribution in [2.75, 3.05) is 6.61 Å². The third-order valence-electron chi connectivity index (χ3n) is 3.17. The lowest BCUT2D eigenvalue weighted by molar-refractivity contribution is 0.318. The second-order valence-corrected chi connectivity index (χ2v) is 7.19. The molecule has 2 aromatic carbocycles. The second kappa shape index (κ2) is 7.55. The molecule has 2 rings (SSSR count). The van der Waals surface area contributed by atoms with Gasteiger partial charge >= 0.3 is 0 Å². The molecule has 2 aromatic rings. The number of hydrogen-bond donors (Lipinski definition) is 1. The Balaban J connectivity index is 2.54. The smallest absolute Gasteiger partial charge is 0.216 e. The SMILES string of the molecule is CCOc1cc(/C=C(\C#N)S(=O)(=O)c2ccc(F)cc2)cc(Cl)c1O. The fourth-order valence-corrected chi connectivity index (χ4v) is 3.38. The van der Waals surface area contributed by atoms with Crippen LogP contribution in [0, 0.1) is 17.1 Å². The predicted octanol–water partition coefficient (Wildman–Crippen LogP) is 3.92. The minimum absolute atomic E-state index is 0.0475. The standard InChI is InChI=1S/C17H13ClFNO4S/c1-2-24-16-9-11(8-15(18)17(16)21)7-14(10-20)25(22,23)13-5-3-12(19)4-6-13/h3-9,21H,2H2,1H3/b14-7+. The van der Waals surface area contributed by atoms with Gasteiger partial charge in [-0.2, -0.15) is 5.26 Å². The number of phenols is 1. The monoisotopic (exact) mass is 381 g/mol. The molecular formula is C17H13ClFNO4S. The number of aromatic hydroxyl groups is 1. The lowest BCUT2D eigenvalue weighted by Gasteiger charge is -2.09. The zero-order valence-electron chi connectivity index (χ0n) is 13.0. The molecule has 0 aromatic heterocycles. The van der Waals surface area contributed by atoms with E-state index in [0.29, 0.717) is 0 Å². The van der Waals surface area contributed by atoms with Crippen LogP contribution in [0.15, 0.2) is 46.2 Å². The number of sulfone groups is 1. The molecule has 0 saturated carbocycles. The molecule has 130 valence electrons. The molecular weight excluding hydrogens is 369 g/mol. The number of ether oxygens (including phenoxy) is 1. The van der Waals surface area contributed by atoms with E-state index < -0.39 is 20.6 Å². The van der Waals surface area contributed by atoms with Gasteiger partial charge in [0.05, 0.1) is 16.5 Å². The summed E-state index contributed by atoms with van der Waals surface area (Å²) in [5, 5.41) is 19.0. The molecule has 0 saturated heterocycles. The van der Waals surface area contributed by atoms with E-state index in [2.05, 4.69) is 0 Å². The Hall–Kier alpha value is -2.56. The summed E-state index contributed by atoms with van der Waals surface area (Å²) in [7, 11) is -4.13. The van der Waals surface area contributed by atoms with Crippen molar-refractivity contribution in [3.8, 4) is 17.6 Å². The summed E-state index contributed by atoms with van der Waals surface area (Å²) in [6.45, 7) is 1.96. The molecule has 8 heteroatoms. The number of phenolic OH excluding ortho intramolecular Hbond substituents is 1. The van der Waals surface area contributed by atoms with Crippen LogP contribution in [0.4, 0.5) is 4.39 Å². The fourth-order valence-electron chi connectivity index (χ4n) is 2.00. The molecule has 0 aliphatic heterocycles. The number of nitriles is 1. The molecule has 25 heavy (non-hydrogen) atoms. The van der Waals surface area contributed by atoms with E-state index in [0.717, 1.165) is 30.3 Å². The molecule has 0 fully saturated rings. The quantitative estimate of drug-likeness (QED) is 0.626. The highest BCUT2D eigenvalue weighted by Gasteiger charge is 2.21. The van der Waals surface area contributed by atoms with Crippen LogP contribution >= 0.6 is 11.6 Å². The van der Waals surface area contributed by atoms with Crippen LogP contribution in [-0.4, -0.2) is 20.1 Å². The van der Waals surface area contributed by atoms with Gasteiger partial charge in [-0.25, -0.2) is 12.8 Å². The van der Waals surface area contributed by atoms with Crippen molar-refractivity contribution >= 4 is 27.5 Å². The van der Waals surface area contributed by atoms with Crippen molar-refractivity contribution in [2.24, 2.45) is 0 Å². The first-order valence-electron chi connectivity index (χ1n) is 7.07. The molecule has 0 amide bonds. The Morgan fingerprint density at radius 1 is 1.36 bits per heavy atom. The van der Waals surface area contributed by atoms with E-state index in [1.54, 1.807) is 13.0 Å². The van der Waals surface area contributed by atoms with E-state index in [9.17, 15) is 23.2 Å². The van der Waals surface area contributed by atoms with E-state index in [4.69, 9.17) is 16.3 Å². The Morgan fingerprint density at radius 2 is 2.00 bits per heavy atom. The van der Waals surface area contributed by atoms with Crippen LogP contribution in [0.1, 0.15) is 12.5 Å². The summed E-state index contributed by atoms with van der Waals surface area (Å²) in [5.74, 6) is -0.800. The summed E-state index contributed by atoms with van der Waals surface area (Å²) >= 11 is 5.90. The fraction of sp³-hybridized carbons (Fsp3) is 0.118. The van der Waals surface area contributed by atoms with Gasteiger partial charge in [0.2, 0.25) is 9.84 Å². The average Bonchev–Trinajstić information content (AvgIpc) is 2.57.